The molecule has 0 aliphatic rings. The topological polar surface area (TPSA) is 59.3 Å². The molecule has 0 unspecified atom stereocenters. The van der Waals surface area contributed by atoms with Crippen LogP contribution in [-0.2, 0) is 4.79 Å². The molecule has 5 nitrogen and oxygen atoms in total. The number of hydrogen-bond donors (Lipinski definition) is 1. The Kier molecular flexibility index (Phi) is 5.87. The lowest BCUT2D eigenvalue weighted by atomic mass is 10.3. The van der Waals surface area contributed by atoms with E-state index in [9.17, 15) is 4.79 Å². The highest BCUT2D eigenvalue weighted by Crippen LogP contribution is 2.19. The van der Waals surface area contributed by atoms with Gasteiger partial charge in [0.2, 0.25) is 5.91 Å². The summed E-state index contributed by atoms with van der Waals surface area (Å²) in [6.07, 6.45) is 5.09. The molecule has 0 radical (unpaired) electrons. The Balaban J connectivity index is 1.48. The van der Waals surface area contributed by atoms with Gasteiger partial charge >= 0.3 is 0 Å². The van der Waals surface area contributed by atoms with E-state index in [2.05, 4.69) is 15.6 Å². The molecule has 1 N–H and O–H groups in total. The fourth-order valence-corrected chi connectivity index (χ4v) is 2.83. The van der Waals surface area contributed by atoms with Crippen LogP contribution in [0.4, 0.5) is 0 Å². The van der Waals surface area contributed by atoms with E-state index in [1.165, 1.54) is 11.8 Å². The Labute approximate surface area is 154 Å². The number of hydrazone groups is 1. The average molecular weight is 371 g/mol. The summed E-state index contributed by atoms with van der Waals surface area (Å²) in [5.74, 6) is 0.106. The highest BCUT2D eigenvalue weighted by Gasteiger charge is 2.02. The van der Waals surface area contributed by atoms with Gasteiger partial charge in [0.1, 0.15) is 0 Å². The smallest absolute Gasteiger partial charge is 0.250 e. The Hall–Kier alpha value is -2.57. The lowest BCUT2D eigenvalue weighted by Crippen LogP contribution is -2.19. The molecule has 0 aliphatic heterocycles. The van der Waals surface area contributed by atoms with E-state index in [4.69, 9.17) is 11.6 Å². The first-order valence-electron chi connectivity index (χ1n) is 7.51. The Morgan fingerprint density at radius 1 is 1.20 bits per heavy atom. The standard InChI is InChI=1S/C18H15ClN4OS/c19-15-6-8-17(9-7-15)25-13-18(24)22-20-10-14-11-21-23(12-14)16-4-2-1-3-5-16/h1-12H,13H2,(H,22,24)/b20-10-. The van der Waals surface area contributed by atoms with Crippen molar-refractivity contribution in [3.05, 3.63) is 77.6 Å². The molecule has 0 aliphatic carbocycles. The number of amides is 1. The van der Waals surface area contributed by atoms with Gasteiger partial charge in [0.15, 0.2) is 0 Å². The van der Waals surface area contributed by atoms with Crippen molar-refractivity contribution >= 4 is 35.5 Å². The Bertz CT molecular complexity index is 862. The number of hydrogen-bond acceptors (Lipinski definition) is 4. The molecule has 0 bridgehead atoms. The van der Waals surface area contributed by atoms with Gasteiger partial charge in [0, 0.05) is 21.7 Å². The number of nitrogens with zero attached hydrogens (tertiary/aromatic N) is 3. The molecule has 3 aromatic rings. The minimum absolute atomic E-state index is 0.174. The molecular formula is C18H15ClN4OS. The summed E-state index contributed by atoms with van der Waals surface area (Å²) in [5.41, 5.74) is 4.27. The molecule has 0 atom stereocenters. The highest BCUT2D eigenvalue weighted by atomic mass is 35.5. The number of nitrogens with one attached hydrogen (secondary N) is 1. The summed E-state index contributed by atoms with van der Waals surface area (Å²) in [5, 5.41) is 8.90. The lowest BCUT2D eigenvalue weighted by molar-refractivity contribution is -0.118. The van der Waals surface area contributed by atoms with Crippen molar-refractivity contribution in [3.63, 3.8) is 0 Å². The molecule has 0 saturated heterocycles. The first kappa shape index (κ1) is 17.3. The first-order chi connectivity index (χ1) is 12.2. The molecule has 7 heteroatoms. The fourth-order valence-electron chi connectivity index (χ4n) is 2.02. The van der Waals surface area contributed by atoms with Gasteiger partial charge in [-0.25, -0.2) is 10.1 Å². The van der Waals surface area contributed by atoms with Crippen molar-refractivity contribution in [2.45, 2.75) is 4.90 Å². The van der Waals surface area contributed by atoms with Gasteiger partial charge < -0.3 is 0 Å². The number of carbonyl (C=O) groups is 1. The second-order valence-corrected chi connectivity index (χ2v) is 6.57. The second kappa shape index (κ2) is 8.50. The van der Waals surface area contributed by atoms with Crippen LogP contribution in [0.25, 0.3) is 5.69 Å². The molecule has 1 aromatic heterocycles. The molecule has 126 valence electrons. The third-order valence-corrected chi connectivity index (χ3v) is 4.47. The van der Waals surface area contributed by atoms with Gasteiger partial charge in [-0.3, -0.25) is 4.79 Å². The van der Waals surface area contributed by atoms with E-state index in [-0.39, 0.29) is 11.7 Å². The van der Waals surface area contributed by atoms with Crippen molar-refractivity contribution in [2.75, 3.05) is 5.75 Å². The van der Waals surface area contributed by atoms with Gasteiger partial charge in [0.05, 0.1) is 23.9 Å². The summed E-state index contributed by atoms with van der Waals surface area (Å²) < 4.78 is 1.75. The van der Waals surface area contributed by atoms with Crippen LogP contribution in [0.5, 0.6) is 0 Å². The Morgan fingerprint density at radius 2 is 1.96 bits per heavy atom. The van der Waals surface area contributed by atoms with Crippen LogP contribution < -0.4 is 5.43 Å². The van der Waals surface area contributed by atoms with Crippen LogP contribution in [-0.4, -0.2) is 27.7 Å². The van der Waals surface area contributed by atoms with E-state index in [0.29, 0.717) is 5.02 Å². The van der Waals surface area contributed by atoms with Crippen molar-refractivity contribution < 1.29 is 4.79 Å². The van der Waals surface area contributed by atoms with Crippen LogP contribution in [0.3, 0.4) is 0 Å². The van der Waals surface area contributed by atoms with E-state index in [1.807, 2.05) is 48.7 Å². The van der Waals surface area contributed by atoms with Gasteiger partial charge in [0.25, 0.3) is 0 Å². The van der Waals surface area contributed by atoms with Gasteiger partial charge in [-0.2, -0.15) is 10.2 Å². The van der Waals surface area contributed by atoms with Crippen molar-refractivity contribution in [3.8, 4) is 5.69 Å². The first-order valence-corrected chi connectivity index (χ1v) is 8.87. The largest absolute Gasteiger partial charge is 0.272 e. The van der Waals surface area contributed by atoms with Crippen molar-refractivity contribution in [1.82, 2.24) is 15.2 Å². The third kappa shape index (κ3) is 5.20. The number of aromatic nitrogens is 2. The fraction of sp³-hybridized carbons (Fsp3) is 0.0556. The van der Waals surface area contributed by atoms with E-state index >= 15 is 0 Å². The molecule has 3 rings (SSSR count). The normalized spacial score (nSPS) is 10.9. The number of halogens is 1. The second-order valence-electron chi connectivity index (χ2n) is 5.09. The van der Waals surface area contributed by atoms with E-state index in [0.717, 1.165) is 16.1 Å². The molecule has 0 saturated carbocycles. The molecule has 1 heterocycles. The lowest BCUT2D eigenvalue weighted by Gasteiger charge is -2.00. The molecule has 0 spiro atoms. The number of rotatable bonds is 6. The van der Waals surface area contributed by atoms with Crippen LogP contribution >= 0.6 is 23.4 Å². The predicted octanol–water partition coefficient (Wildman–Crippen LogP) is 3.77. The average Bonchev–Trinajstić information content (AvgIpc) is 3.11. The molecule has 0 fully saturated rings. The molecule has 25 heavy (non-hydrogen) atoms. The van der Waals surface area contributed by atoms with E-state index in [1.54, 1.807) is 29.2 Å². The summed E-state index contributed by atoms with van der Waals surface area (Å²) in [6, 6.07) is 17.1. The van der Waals surface area contributed by atoms with Crippen LogP contribution in [0.2, 0.25) is 5.02 Å². The monoisotopic (exact) mass is 370 g/mol. The van der Waals surface area contributed by atoms with E-state index < -0.39 is 0 Å². The third-order valence-electron chi connectivity index (χ3n) is 3.21. The quantitative estimate of drug-likeness (QED) is 0.408. The Morgan fingerprint density at radius 3 is 2.72 bits per heavy atom. The minimum atomic E-state index is -0.174. The number of benzene rings is 2. The highest BCUT2D eigenvalue weighted by molar-refractivity contribution is 8.00. The number of thioether (sulfide) groups is 1. The maximum absolute atomic E-state index is 11.8. The van der Waals surface area contributed by atoms with Crippen LogP contribution in [0.1, 0.15) is 5.56 Å². The summed E-state index contributed by atoms with van der Waals surface area (Å²) >= 11 is 7.25. The zero-order chi connectivity index (χ0) is 17.5. The van der Waals surface area contributed by atoms with Crippen molar-refractivity contribution in [1.29, 1.82) is 0 Å². The summed E-state index contributed by atoms with van der Waals surface area (Å²) in [7, 11) is 0. The molecular weight excluding hydrogens is 356 g/mol. The number of carbonyl (C=O) groups excluding carboxylic acids is 1. The maximum Gasteiger partial charge on any atom is 0.250 e. The van der Waals surface area contributed by atoms with Gasteiger partial charge in [-0.1, -0.05) is 29.8 Å². The maximum atomic E-state index is 11.8. The molecule has 1 amide bonds. The van der Waals surface area contributed by atoms with Crippen molar-refractivity contribution in [2.24, 2.45) is 5.10 Å². The predicted molar refractivity (Wildman–Crippen MR) is 101 cm³/mol. The zero-order valence-corrected chi connectivity index (χ0v) is 14.7. The molecule has 2 aromatic carbocycles. The van der Waals surface area contributed by atoms with Gasteiger partial charge in [-0.05, 0) is 36.4 Å². The summed E-state index contributed by atoms with van der Waals surface area (Å²) in [6.45, 7) is 0. The van der Waals surface area contributed by atoms with Gasteiger partial charge in [-0.15, -0.1) is 11.8 Å². The van der Waals surface area contributed by atoms with Crippen LogP contribution in [0.15, 0.2) is 77.0 Å². The number of para-hydroxylation sites is 1. The zero-order valence-electron chi connectivity index (χ0n) is 13.2. The summed E-state index contributed by atoms with van der Waals surface area (Å²) in [4.78, 5) is 12.8. The van der Waals surface area contributed by atoms with Crippen LogP contribution in [0, 0.1) is 0 Å². The SMILES string of the molecule is O=C(CSc1ccc(Cl)cc1)N/N=C\c1cnn(-c2ccccc2)c1. The minimum Gasteiger partial charge on any atom is -0.272 e.